The molecular formula is C14H22N2O. The number of carbonyl (C=O) groups excluding carboxylic acids is 1. The van der Waals surface area contributed by atoms with Crippen LogP contribution in [0.25, 0.3) is 0 Å². The van der Waals surface area contributed by atoms with E-state index in [0.29, 0.717) is 6.54 Å². The maximum absolute atomic E-state index is 12.3. The molecular weight excluding hydrogens is 212 g/mol. The molecule has 1 heterocycles. The molecule has 0 aliphatic carbocycles. The average Bonchev–Trinajstić information content (AvgIpc) is 2.24. The van der Waals surface area contributed by atoms with Gasteiger partial charge in [-0.1, -0.05) is 26.8 Å². The van der Waals surface area contributed by atoms with Crippen LogP contribution in [0.3, 0.4) is 0 Å². The minimum Gasteiger partial charge on any atom is -0.335 e. The van der Waals surface area contributed by atoms with Crippen LogP contribution in [0.2, 0.25) is 0 Å². The predicted octanol–water partition coefficient (Wildman–Crippen LogP) is 2.86. The SMILES string of the molecule is CC(C)N(Cc1cccnc1)C(=O)C(C)(C)C. The Hall–Kier alpha value is -1.38. The molecule has 0 radical (unpaired) electrons. The van der Waals surface area contributed by atoms with Crippen molar-refractivity contribution in [1.82, 2.24) is 9.88 Å². The van der Waals surface area contributed by atoms with Gasteiger partial charge in [0.1, 0.15) is 0 Å². The number of nitrogens with zero attached hydrogens (tertiary/aromatic N) is 2. The third kappa shape index (κ3) is 3.84. The number of amides is 1. The van der Waals surface area contributed by atoms with Gasteiger partial charge in [0, 0.05) is 30.4 Å². The summed E-state index contributed by atoms with van der Waals surface area (Å²) in [4.78, 5) is 18.3. The van der Waals surface area contributed by atoms with Gasteiger partial charge in [0.05, 0.1) is 0 Å². The fourth-order valence-electron chi connectivity index (χ4n) is 1.61. The topological polar surface area (TPSA) is 33.2 Å². The van der Waals surface area contributed by atoms with Crippen LogP contribution < -0.4 is 0 Å². The summed E-state index contributed by atoms with van der Waals surface area (Å²) in [7, 11) is 0. The molecule has 3 nitrogen and oxygen atoms in total. The number of pyridine rings is 1. The highest BCUT2D eigenvalue weighted by Crippen LogP contribution is 2.20. The zero-order chi connectivity index (χ0) is 13.1. The summed E-state index contributed by atoms with van der Waals surface area (Å²) in [6.45, 7) is 10.6. The predicted molar refractivity (Wildman–Crippen MR) is 69.4 cm³/mol. The van der Waals surface area contributed by atoms with Gasteiger partial charge in [-0.05, 0) is 25.5 Å². The molecule has 0 aliphatic rings. The average molecular weight is 234 g/mol. The molecule has 0 spiro atoms. The highest BCUT2D eigenvalue weighted by atomic mass is 16.2. The zero-order valence-corrected chi connectivity index (χ0v) is 11.4. The first kappa shape index (κ1) is 13.7. The number of hydrogen-bond acceptors (Lipinski definition) is 2. The fourth-order valence-corrected chi connectivity index (χ4v) is 1.61. The Bertz CT molecular complexity index is 366. The second kappa shape index (κ2) is 5.30. The largest absolute Gasteiger partial charge is 0.335 e. The van der Waals surface area contributed by atoms with Crippen LogP contribution in [0.15, 0.2) is 24.5 Å². The molecule has 0 fully saturated rings. The molecule has 0 bridgehead atoms. The van der Waals surface area contributed by atoms with E-state index in [-0.39, 0.29) is 17.4 Å². The Morgan fingerprint density at radius 3 is 2.47 bits per heavy atom. The Labute approximate surface area is 104 Å². The number of carbonyl (C=O) groups is 1. The van der Waals surface area contributed by atoms with Crippen molar-refractivity contribution in [2.45, 2.75) is 47.2 Å². The first-order chi connectivity index (χ1) is 7.82. The third-order valence-corrected chi connectivity index (χ3v) is 2.60. The van der Waals surface area contributed by atoms with Gasteiger partial charge in [0.25, 0.3) is 0 Å². The molecule has 0 unspecified atom stereocenters. The first-order valence-electron chi connectivity index (χ1n) is 6.02. The van der Waals surface area contributed by atoms with Crippen LogP contribution in [0.5, 0.6) is 0 Å². The van der Waals surface area contributed by atoms with Crippen LogP contribution in [0.1, 0.15) is 40.2 Å². The van der Waals surface area contributed by atoms with Crippen LogP contribution >= 0.6 is 0 Å². The molecule has 1 rings (SSSR count). The van der Waals surface area contributed by atoms with Gasteiger partial charge in [0.15, 0.2) is 0 Å². The molecule has 1 aromatic heterocycles. The van der Waals surface area contributed by atoms with E-state index in [0.717, 1.165) is 5.56 Å². The summed E-state index contributed by atoms with van der Waals surface area (Å²) in [5, 5.41) is 0. The maximum Gasteiger partial charge on any atom is 0.228 e. The van der Waals surface area contributed by atoms with E-state index < -0.39 is 0 Å². The van der Waals surface area contributed by atoms with Crippen LogP contribution in [0, 0.1) is 5.41 Å². The first-order valence-corrected chi connectivity index (χ1v) is 6.02. The van der Waals surface area contributed by atoms with Gasteiger partial charge in [0.2, 0.25) is 5.91 Å². The second-order valence-corrected chi connectivity index (χ2v) is 5.64. The van der Waals surface area contributed by atoms with Gasteiger partial charge in [-0.2, -0.15) is 0 Å². The molecule has 1 aromatic rings. The van der Waals surface area contributed by atoms with E-state index in [9.17, 15) is 4.79 Å². The Balaban J connectivity index is 2.85. The molecule has 0 saturated carbocycles. The lowest BCUT2D eigenvalue weighted by molar-refractivity contribution is -0.142. The summed E-state index contributed by atoms with van der Waals surface area (Å²) in [6, 6.07) is 4.09. The minimum absolute atomic E-state index is 0.177. The number of rotatable bonds is 3. The molecule has 17 heavy (non-hydrogen) atoms. The summed E-state index contributed by atoms with van der Waals surface area (Å²) in [5.74, 6) is 0.177. The summed E-state index contributed by atoms with van der Waals surface area (Å²) >= 11 is 0. The van der Waals surface area contributed by atoms with E-state index in [1.165, 1.54) is 0 Å². The molecule has 0 saturated heterocycles. The lowest BCUT2D eigenvalue weighted by Crippen LogP contribution is -2.43. The maximum atomic E-state index is 12.3. The molecule has 0 atom stereocenters. The Morgan fingerprint density at radius 1 is 1.41 bits per heavy atom. The van der Waals surface area contributed by atoms with Crippen molar-refractivity contribution in [3.8, 4) is 0 Å². The van der Waals surface area contributed by atoms with E-state index >= 15 is 0 Å². The highest BCUT2D eigenvalue weighted by Gasteiger charge is 2.28. The molecule has 0 aromatic carbocycles. The van der Waals surface area contributed by atoms with Crippen molar-refractivity contribution in [3.63, 3.8) is 0 Å². The smallest absolute Gasteiger partial charge is 0.228 e. The van der Waals surface area contributed by atoms with Crippen molar-refractivity contribution >= 4 is 5.91 Å². The molecule has 3 heteroatoms. The molecule has 1 amide bonds. The molecule has 0 N–H and O–H groups in total. The van der Waals surface area contributed by atoms with Crippen molar-refractivity contribution in [1.29, 1.82) is 0 Å². The minimum atomic E-state index is -0.341. The van der Waals surface area contributed by atoms with Crippen LogP contribution in [0.4, 0.5) is 0 Å². The van der Waals surface area contributed by atoms with Crippen LogP contribution in [-0.2, 0) is 11.3 Å². The van der Waals surface area contributed by atoms with E-state index in [4.69, 9.17) is 0 Å². The van der Waals surface area contributed by atoms with E-state index in [1.54, 1.807) is 6.20 Å². The standard InChI is InChI=1S/C14H22N2O/c1-11(2)16(13(17)14(3,4)5)10-12-7-6-8-15-9-12/h6-9,11H,10H2,1-5H3. The summed E-state index contributed by atoms with van der Waals surface area (Å²) in [6.07, 6.45) is 3.56. The van der Waals surface area contributed by atoms with E-state index in [2.05, 4.69) is 4.98 Å². The lowest BCUT2D eigenvalue weighted by atomic mass is 9.94. The van der Waals surface area contributed by atoms with Crippen molar-refractivity contribution in [2.75, 3.05) is 0 Å². The van der Waals surface area contributed by atoms with Gasteiger partial charge < -0.3 is 4.90 Å². The highest BCUT2D eigenvalue weighted by molar-refractivity contribution is 5.81. The summed E-state index contributed by atoms with van der Waals surface area (Å²) < 4.78 is 0. The van der Waals surface area contributed by atoms with E-state index in [1.807, 2.05) is 57.8 Å². The van der Waals surface area contributed by atoms with Gasteiger partial charge in [-0.3, -0.25) is 9.78 Å². The van der Waals surface area contributed by atoms with Crippen molar-refractivity contribution in [2.24, 2.45) is 5.41 Å². The van der Waals surface area contributed by atoms with Crippen molar-refractivity contribution < 1.29 is 4.79 Å². The zero-order valence-electron chi connectivity index (χ0n) is 11.4. The van der Waals surface area contributed by atoms with Gasteiger partial charge >= 0.3 is 0 Å². The Morgan fingerprint density at radius 2 is 2.06 bits per heavy atom. The Kier molecular flexibility index (Phi) is 4.27. The lowest BCUT2D eigenvalue weighted by Gasteiger charge is -2.32. The molecule has 0 aliphatic heterocycles. The summed E-state index contributed by atoms with van der Waals surface area (Å²) in [5.41, 5.74) is 0.728. The number of aromatic nitrogens is 1. The van der Waals surface area contributed by atoms with Crippen LogP contribution in [-0.4, -0.2) is 21.8 Å². The van der Waals surface area contributed by atoms with Gasteiger partial charge in [-0.15, -0.1) is 0 Å². The quantitative estimate of drug-likeness (QED) is 0.805. The van der Waals surface area contributed by atoms with Gasteiger partial charge in [-0.25, -0.2) is 0 Å². The number of hydrogen-bond donors (Lipinski definition) is 0. The fraction of sp³-hybridized carbons (Fsp3) is 0.571. The third-order valence-electron chi connectivity index (χ3n) is 2.60. The monoisotopic (exact) mass is 234 g/mol. The van der Waals surface area contributed by atoms with Crippen molar-refractivity contribution in [3.05, 3.63) is 30.1 Å². The molecule has 94 valence electrons. The second-order valence-electron chi connectivity index (χ2n) is 5.64. The normalized spacial score (nSPS) is 11.6.